The van der Waals surface area contributed by atoms with Crippen molar-refractivity contribution in [2.45, 2.75) is 20.1 Å². The van der Waals surface area contributed by atoms with Crippen molar-refractivity contribution in [1.82, 2.24) is 0 Å². The Labute approximate surface area is 117 Å². The van der Waals surface area contributed by atoms with Crippen LogP contribution < -0.4 is 10.1 Å². The Morgan fingerprint density at radius 1 is 1.35 bits per heavy atom. The number of benzene rings is 1. The van der Waals surface area contributed by atoms with Gasteiger partial charge >= 0.3 is 0 Å². The van der Waals surface area contributed by atoms with Gasteiger partial charge in [-0.05, 0) is 37.3 Å². The summed E-state index contributed by atoms with van der Waals surface area (Å²) in [4.78, 5) is 0. The van der Waals surface area contributed by atoms with Crippen LogP contribution in [0.15, 0.2) is 34.7 Å². The Morgan fingerprint density at radius 3 is 2.85 bits per heavy atom. The molecule has 2 N–H and O–H groups in total. The Balaban J connectivity index is 2.04. The normalized spacial score (nSPS) is 10.1. The number of nitrogens with zero attached hydrogens (tertiary/aromatic N) is 1. The van der Waals surface area contributed by atoms with Crippen LogP contribution in [-0.4, -0.2) is 11.7 Å². The number of hydrogen-bond acceptors (Lipinski definition) is 5. The van der Waals surface area contributed by atoms with E-state index >= 15 is 0 Å². The molecule has 0 bridgehead atoms. The van der Waals surface area contributed by atoms with Crippen LogP contribution in [0.4, 0.5) is 5.69 Å². The standard InChI is InChI=1S/C15H16N2O3/c1-2-19-15-6-3-12(7-11(15)10-18)17-9-14-5-4-13(8-16)20-14/h3-7,17-18H,2,9-10H2,1H3. The van der Waals surface area contributed by atoms with Gasteiger partial charge in [0.25, 0.3) is 0 Å². The zero-order chi connectivity index (χ0) is 14.4. The van der Waals surface area contributed by atoms with Crippen LogP contribution >= 0.6 is 0 Å². The molecule has 0 atom stereocenters. The van der Waals surface area contributed by atoms with Gasteiger partial charge in [-0.25, -0.2) is 0 Å². The van der Waals surface area contributed by atoms with E-state index in [1.54, 1.807) is 12.1 Å². The minimum Gasteiger partial charge on any atom is -0.494 e. The molecule has 5 nitrogen and oxygen atoms in total. The van der Waals surface area contributed by atoms with Gasteiger partial charge in [-0.3, -0.25) is 0 Å². The lowest BCUT2D eigenvalue weighted by atomic mass is 10.2. The lowest BCUT2D eigenvalue weighted by molar-refractivity contribution is 0.267. The van der Waals surface area contributed by atoms with Crippen molar-refractivity contribution in [3.63, 3.8) is 0 Å². The van der Waals surface area contributed by atoms with E-state index in [-0.39, 0.29) is 6.61 Å². The van der Waals surface area contributed by atoms with E-state index < -0.39 is 0 Å². The van der Waals surface area contributed by atoms with Gasteiger partial charge in [-0.15, -0.1) is 0 Å². The number of hydrogen-bond donors (Lipinski definition) is 2. The summed E-state index contributed by atoms with van der Waals surface area (Å²) >= 11 is 0. The lowest BCUT2D eigenvalue weighted by Crippen LogP contribution is -2.01. The molecule has 0 radical (unpaired) electrons. The number of nitriles is 1. The second-order valence-corrected chi connectivity index (χ2v) is 4.14. The summed E-state index contributed by atoms with van der Waals surface area (Å²) in [6.45, 7) is 2.85. The van der Waals surface area contributed by atoms with Gasteiger partial charge in [0.05, 0.1) is 19.8 Å². The number of aliphatic hydroxyl groups excluding tert-OH is 1. The molecule has 1 aromatic heterocycles. The third kappa shape index (κ3) is 3.31. The molecule has 0 aliphatic rings. The first kappa shape index (κ1) is 14.0. The quantitative estimate of drug-likeness (QED) is 0.845. The first-order chi connectivity index (χ1) is 9.76. The monoisotopic (exact) mass is 272 g/mol. The van der Waals surface area contributed by atoms with Gasteiger partial charge in [0.2, 0.25) is 5.76 Å². The van der Waals surface area contributed by atoms with Gasteiger partial charge in [-0.1, -0.05) is 0 Å². The molecule has 0 aliphatic heterocycles. The topological polar surface area (TPSA) is 78.4 Å². The Bertz CT molecular complexity index is 614. The zero-order valence-electron chi connectivity index (χ0n) is 11.2. The SMILES string of the molecule is CCOc1ccc(NCc2ccc(C#N)o2)cc1CO. The fourth-order valence-electron chi connectivity index (χ4n) is 1.83. The highest BCUT2D eigenvalue weighted by Gasteiger charge is 2.05. The third-order valence-corrected chi connectivity index (χ3v) is 2.77. The summed E-state index contributed by atoms with van der Waals surface area (Å²) in [6.07, 6.45) is 0. The maximum absolute atomic E-state index is 9.33. The largest absolute Gasteiger partial charge is 0.494 e. The van der Waals surface area contributed by atoms with Gasteiger partial charge in [0, 0.05) is 11.3 Å². The number of nitrogens with one attached hydrogen (secondary N) is 1. The van der Waals surface area contributed by atoms with E-state index in [0.29, 0.717) is 30.4 Å². The number of furan rings is 1. The molecule has 0 saturated carbocycles. The molecular weight excluding hydrogens is 256 g/mol. The van der Waals surface area contributed by atoms with E-state index in [9.17, 15) is 5.11 Å². The van der Waals surface area contributed by atoms with E-state index in [2.05, 4.69) is 5.32 Å². The molecule has 0 fully saturated rings. The van der Waals surface area contributed by atoms with Crippen molar-refractivity contribution in [1.29, 1.82) is 5.26 Å². The van der Waals surface area contributed by atoms with Crippen molar-refractivity contribution in [3.05, 3.63) is 47.4 Å². The third-order valence-electron chi connectivity index (χ3n) is 2.77. The predicted octanol–water partition coefficient (Wildman–Crippen LogP) is 2.65. The summed E-state index contributed by atoms with van der Waals surface area (Å²) in [5, 5.41) is 21.2. The van der Waals surface area contributed by atoms with E-state index in [1.807, 2.05) is 31.2 Å². The number of anilines is 1. The van der Waals surface area contributed by atoms with Gasteiger partial charge < -0.3 is 19.6 Å². The van der Waals surface area contributed by atoms with Gasteiger partial charge in [0.1, 0.15) is 17.6 Å². The van der Waals surface area contributed by atoms with Crippen LogP contribution in [0.5, 0.6) is 5.75 Å². The Morgan fingerprint density at radius 2 is 2.20 bits per heavy atom. The second kappa shape index (κ2) is 6.64. The fourth-order valence-corrected chi connectivity index (χ4v) is 1.83. The smallest absolute Gasteiger partial charge is 0.203 e. The number of rotatable bonds is 6. The van der Waals surface area contributed by atoms with Gasteiger partial charge in [-0.2, -0.15) is 5.26 Å². The highest BCUT2D eigenvalue weighted by atomic mass is 16.5. The van der Waals surface area contributed by atoms with Crippen LogP contribution in [0, 0.1) is 11.3 Å². The molecule has 0 aliphatic carbocycles. The van der Waals surface area contributed by atoms with Crippen molar-refractivity contribution in [2.75, 3.05) is 11.9 Å². The zero-order valence-corrected chi connectivity index (χ0v) is 11.2. The number of ether oxygens (including phenoxy) is 1. The lowest BCUT2D eigenvalue weighted by Gasteiger charge is -2.11. The molecule has 2 rings (SSSR count). The first-order valence-electron chi connectivity index (χ1n) is 6.36. The maximum atomic E-state index is 9.33. The minimum absolute atomic E-state index is 0.0792. The second-order valence-electron chi connectivity index (χ2n) is 4.14. The van der Waals surface area contributed by atoms with Crippen LogP contribution in [0.2, 0.25) is 0 Å². The molecule has 20 heavy (non-hydrogen) atoms. The summed E-state index contributed by atoms with van der Waals surface area (Å²) in [5.41, 5.74) is 1.58. The van der Waals surface area contributed by atoms with E-state index in [0.717, 1.165) is 11.3 Å². The number of aliphatic hydroxyl groups is 1. The molecule has 5 heteroatoms. The minimum atomic E-state index is -0.0792. The average molecular weight is 272 g/mol. The summed E-state index contributed by atoms with van der Waals surface area (Å²) in [5.74, 6) is 1.66. The van der Waals surface area contributed by atoms with Crippen molar-refractivity contribution in [3.8, 4) is 11.8 Å². The molecule has 1 aromatic carbocycles. The molecule has 0 amide bonds. The van der Waals surface area contributed by atoms with Crippen molar-refractivity contribution in [2.24, 2.45) is 0 Å². The van der Waals surface area contributed by atoms with Crippen LogP contribution in [0.3, 0.4) is 0 Å². The molecule has 104 valence electrons. The molecule has 1 heterocycles. The summed E-state index contributed by atoms with van der Waals surface area (Å²) in [6, 6.07) is 10.9. The van der Waals surface area contributed by atoms with Crippen LogP contribution in [0.1, 0.15) is 24.0 Å². The van der Waals surface area contributed by atoms with Crippen molar-refractivity contribution < 1.29 is 14.3 Å². The Hall–Kier alpha value is -2.45. The van der Waals surface area contributed by atoms with E-state index in [4.69, 9.17) is 14.4 Å². The molecule has 0 saturated heterocycles. The average Bonchev–Trinajstić information content (AvgIpc) is 2.94. The molecule has 0 spiro atoms. The van der Waals surface area contributed by atoms with Crippen LogP contribution in [0.25, 0.3) is 0 Å². The molecule has 0 unspecified atom stereocenters. The first-order valence-corrected chi connectivity index (χ1v) is 6.36. The molecule has 2 aromatic rings. The fraction of sp³-hybridized carbons (Fsp3) is 0.267. The summed E-state index contributed by atoms with van der Waals surface area (Å²) < 4.78 is 10.7. The van der Waals surface area contributed by atoms with E-state index in [1.165, 1.54) is 0 Å². The Kier molecular flexibility index (Phi) is 4.64. The summed E-state index contributed by atoms with van der Waals surface area (Å²) in [7, 11) is 0. The maximum Gasteiger partial charge on any atom is 0.203 e. The predicted molar refractivity (Wildman–Crippen MR) is 74.3 cm³/mol. The highest BCUT2D eigenvalue weighted by Crippen LogP contribution is 2.23. The highest BCUT2D eigenvalue weighted by molar-refractivity contribution is 5.51. The van der Waals surface area contributed by atoms with Gasteiger partial charge in [0.15, 0.2) is 0 Å². The van der Waals surface area contributed by atoms with Crippen molar-refractivity contribution >= 4 is 5.69 Å². The molecular formula is C15H16N2O3. The van der Waals surface area contributed by atoms with Crippen LogP contribution in [-0.2, 0) is 13.2 Å².